The van der Waals surface area contributed by atoms with Crippen molar-refractivity contribution in [2.24, 2.45) is 0 Å². The minimum atomic E-state index is -1.55. The summed E-state index contributed by atoms with van der Waals surface area (Å²) in [6.45, 7) is 4.26. The van der Waals surface area contributed by atoms with Gasteiger partial charge in [-0.15, -0.1) is 0 Å². The van der Waals surface area contributed by atoms with Crippen LogP contribution >= 0.6 is 0 Å². The highest BCUT2D eigenvalue weighted by molar-refractivity contribution is 5.69. The standard InChI is InChI=1S/C65H104O9/c1-3-5-7-9-11-13-15-17-19-21-23-25-27-29-31-33-35-37-39-41-43-45-47-49-51-53-55-71-57-59(58-72-65-64(70)63(69)62(68)60(56-66)74-65)73-61(67)54-52-50-48-46-44-42-40-38-36-34-32-30-28-26-24-22-20-18-16-14-12-10-8-6-4-2/h5-8,11-14,17-20,23-26,29-32,35-38,59-60,62-66,68-70H,3-4,9-10,15-16,21-22,27-28,33-34,39-58H2,1-2H3/b7-5-,8-6-,13-11-,14-12-,19-17-,20-18-,25-23-,26-24-,31-29-,32-30-,37-35-,38-36-. The first-order valence-corrected chi connectivity index (χ1v) is 28.9. The molecule has 1 rings (SSSR count). The van der Waals surface area contributed by atoms with Crippen LogP contribution in [0.2, 0.25) is 0 Å². The highest BCUT2D eigenvalue weighted by Crippen LogP contribution is 2.23. The molecule has 1 aliphatic rings. The number of rotatable bonds is 48. The highest BCUT2D eigenvalue weighted by atomic mass is 16.7. The van der Waals surface area contributed by atoms with E-state index in [1.54, 1.807) is 0 Å². The van der Waals surface area contributed by atoms with Crippen LogP contribution in [0.1, 0.15) is 194 Å². The van der Waals surface area contributed by atoms with Crippen molar-refractivity contribution in [1.82, 2.24) is 0 Å². The van der Waals surface area contributed by atoms with E-state index >= 15 is 0 Å². The van der Waals surface area contributed by atoms with Gasteiger partial charge in [0.15, 0.2) is 6.29 Å². The predicted octanol–water partition coefficient (Wildman–Crippen LogP) is 15.4. The van der Waals surface area contributed by atoms with Gasteiger partial charge in [0.05, 0.1) is 19.8 Å². The number of aliphatic hydroxyl groups excluding tert-OH is 4. The maximum atomic E-state index is 12.9. The molecule has 6 unspecified atom stereocenters. The third kappa shape index (κ3) is 43.3. The predicted molar refractivity (Wildman–Crippen MR) is 311 cm³/mol. The first-order chi connectivity index (χ1) is 36.4. The Morgan fingerprint density at radius 3 is 1.18 bits per heavy atom. The fraction of sp³-hybridized carbons (Fsp3) is 0.615. The van der Waals surface area contributed by atoms with Crippen molar-refractivity contribution in [3.63, 3.8) is 0 Å². The number of esters is 1. The van der Waals surface area contributed by atoms with Gasteiger partial charge in [0, 0.05) is 13.0 Å². The number of hydrogen-bond donors (Lipinski definition) is 4. The Kier molecular flexibility index (Phi) is 49.6. The second-order valence-corrected chi connectivity index (χ2v) is 19.0. The van der Waals surface area contributed by atoms with Crippen LogP contribution in [-0.4, -0.2) is 89.6 Å². The topological polar surface area (TPSA) is 135 Å². The van der Waals surface area contributed by atoms with E-state index in [9.17, 15) is 25.2 Å². The van der Waals surface area contributed by atoms with E-state index in [2.05, 4.69) is 160 Å². The van der Waals surface area contributed by atoms with Crippen LogP contribution < -0.4 is 0 Å². The van der Waals surface area contributed by atoms with Crippen molar-refractivity contribution in [2.45, 2.75) is 230 Å². The number of ether oxygens (including phenoxy) is 4. The summed E-state index contributed by atoms with van der Waals surface area (Å²) in [6.07, 6.45) is 74.5. The number of carbonyl (C=O) groups excluding carboxylic acids is 1. The van der Waals surface area contributed by atoms with Crippen molar-refractivity contribution in [2.75, 3.05) is 26.4 Å². The van der Waals surface area contributed by atoms with Crippen LogP contribution in [0.3, 0.4) is 0 Å². The zero-order valence-corrected chi connectivity index (χ0v) is 46.3. The van der Waals surface area contributed by atoms with Crippen LogP contribution in [0.5, 0.6) is 0 Å². The van der Waals surface area contributed by atoms with Gasteiger partial charge in [-0.25, -0.2) is 0 Å². The van der Waals surface area contributed by atoms with E-state index in [-0.39, 0.29) is 25.6 Å². The number of allylic oxidation sites excluding steroid dienone is 24. The maximum Gasteiger partial charge on any atom is 0.306 e. The molecule has 1 fully saturated rings. The Morgan fingerprint density at radius 2 is 0.784 bits per heavy atom. The third-order valence-electron chi connectivity index (χ3n) is 12.3. The lowest BCUT2D eigenvalue weighted by Gasteiger charge is -2.39. The lowest BCUT2D eigenvalue weighted by atomic mass is 9.99. The highest BCUT2D eigenvalue weighted by Gasteiger charge is 2.44. The summed E-state index contributed by atoms with van der Waals surface area (Å²) in [4.78, 5) is 12.9. The van der Waals surface area contributed by atoms with Gasteiger partial charge < -0.3 is 39.4 Å². The molecule has 0 amide bonds. The molecule has 0 saturated carbocycles. The van der Waals surface area contributed by atoms with Crippen LogP contribution in [0.15, 0.2) is 146 Å². The van der Waals surface area contributed by atoms with E-state index in [1.807, 2.05) is 0 Å². The van der Waals surface area contributed by atoms with Crippen LogP contribution in [-0.2, 0) is 23.7 Å². The molecule has 1 heterocycles. The average molecular weight is 1030 g/mol. The Labute approximate surface area is 451 Å². The summed E-state index contributed by atoms with van der Waals surface area (Å²) in [5, 5.41) is 40.4. The second-order valence-electron chi connectivity index (χ2n) is 19.0. The van der Waals surface area contributed by atoms with Crippen LogP contribution in [0.25, 0.3) is 0 Å². The SMILES string of the molecule is CC/C=C\C/C=C\C/C=C\C/C=C\C/C=C\C/C=C\CCCCCCCCCOCC(COC1OC(CO)C(O)C(O)C1O)OC(=O)CCCCCCCC/C=C\C/C=C\C/C=C\C/C=C\C/C=C\C/C=C\CC. The summed E-state index contributed by atoms with van der Waals surface area (Å²) in [6, 6.07) is 0. The molecule has 0 bridgehead atoms. The maximum absolute atomic E-state index is 12.9. The fourth-order valence-electron chi connectivity index (χ4n) is 7.85. The smallest absolute Gasteiger partial charge is 0.306 e. The van der Waals surface area contributed by atoms with E-state index in [0.29, 0.717) is 6.61 Å². The summed E-state index contributed by atoms with van der Waals surface area (Å²) in [7, 11) is 0. The van der Waals surface area contributed by atoms with Crippen LogP contribution in [0, 0.1) is 0 Å². The number of carbonyl (C=O) groups is 1. The lowest BCUT2D eigenvalue weighted by Crippen LogP contribution is -2.59. The first kappa shape index (κ1) is 68.1. The van der Waals surface area contributed by atoms with Gasteiger partial charge >= 0.3 is 5.97 Å². The fourth-order valence-corrected chi connectivity index (χ4v) is 7.85. The Balaban J connectivity index is 2.22. The van der Waals surface area contributed by atoms with Gasteiger partial charge in [-0.05, 0) is 116 Å². The monoisotopic (exact) mass is 1030 g/mol. The van der Waals surface area contributed by atoms with Gasteiger partial charge in [0.25, 0.3) is 0 Å². The largest absolute Gasteiger partial charge is 0.457 e. The molecule has 74 heavy (non-hydrogen) atoms. The summed E-state index contributed by atoms with van der Waals surface area (Å²) >= 11 is 0. The second kappa shape index (κ2) is 53.9. The molecule has 1 aliphatic heterocycles. The lowest BCUT2D eigenvalue weighted by molar-refractivity contribution is -0.305. The van der Waals surface area contributed by atoms with Gasteiger partial charge in [-0.2, -0.15) is 0 Å². The molecule has 9 nitrogen and oxygen atoms in total. The van der Waals surface area contributed by atoms with E-state index in [1.165, 1.54) is 25.7 Å². The number of aliphatic hydroxyl groups is 4. The zero-order valence-electron chi connectivity index (χ0n) is 46.3. The minimum absolute atomic E-state index is 0.120. The molecule has 0 aliphatic carbocycles. The number of hydrogen-bond acceptors (Lipinski definition) is 9. The summed E-state index contributed by atoms with van der Waals surface area (Å²) < 4.78 is 22.9. The van der Waals surface area contributed by atoms with Gasteiger partial charge in [-0.1, -0.05) is 217 Å². The normalized spacial score (nSPS) is 19.7. The third-order valence-corrected chi connectivity index (χ3v) is 12.3. The Hall–Kier alpha value is -3.93. The van der Waals surface area contributed by atoms with Gasteiger partial charge in [0.1, 0.15) is 30.5 Å². The van der Waals surface area contributed by atoms with Crippen molar-refractivity contribution < 1.29 is 44.2 Å². The first-order valence-electron chi connectivity index (χ1n) is 28.9. The summed E-state index contributed by atoms with van der Waals surface area (Å²) in [5.74, 6) is -0.338. The van der Waals surface area contributed by atoms with Crippen LogP contribution in [0.4, 0.5) is 0 Å². The Morgan fingerprint density at radius 1 is 0.432 bits per heavy atom. The average Bonchev–Trinajstić information content (AvgIpc) is 3.40. The molecule has 4 N–H and O–H groups in total. The molecule has 9 heteroatoms. The molecule has 1 saturated heterocycles. The molecule has 418 valence electrons. The molecule has 0 aromatic carbocycles. The molecular weight excluding hydrogens is 925 g/mol. The quantitative estimate of drug-likeness (QED) is 0.0267. The number of unbranched alkanes of at least 4 members (excludes halogenated alkanes) is 13. The molecule has 0 aromatic rings. The molecular formula is C65H104O9. The minimum Gasteiger partial charge on any atom is -0.457 e. The zero-order chi connectivity index (χ0) is 53.5. The van der Waals surface area contributed by atoms with E-state index in [4.69, 9.17) is 18.9 Å². The van der Waals surface area contributed by atoms with E-state index in [0.717, 1.165) is 148 Å². The van der Waals surface area contributed by atoms with Crippen molar-refractivity contribution in [3.05, 3.63) is 146 Å². The summed E-state index contributed by atoms with van der Waals surface area (Å²) in [5.41, 5.74) is 0. The molecule has 6 atom stereocenters. The molecule has 0 radical (unpaired) electrons. The van der Waals surface area contributed by atoms with Gasteiger partial charge in [0.2, 0.25) is 0 Å². The van der Waals surface area contributed by atoms with Crippen molar-refractivity contribution in [3.8, 4) is 0 Å². The Bertz CT molecular complexity index is 1640. The van der Waals surface area contributed by atoms with E-state index < -0.39 is 43.4 Å². The molecule has 0 aromatic heterocycles. The van der Waals surface area contributed by atoms with Gasteiger partial charge in [-0.3, -0.25) is 4.79 Å². The van der Waals surface area contributed by atoms with Crippen molar-refractivity contribution in [1.29, 1.82) is 0 Å². The van der Waals surface area contributed by atoms with Crippen molar-refractivity contribution >= 4 is 5.97 Å². The molecule has 0 spiro atoms.